The van der Waals surface area contributed by atoms with Crippen molar-refractivity contribution in [2.75, 3.05) is 46.3 Å². The molecule has 1 fully saturated rings. The number of aromatic nitrogens is 1. The first-order chi connectivity index (χ1) is 9.65. The second-order valence-corrected chi connectivity index (χ2v) is 5.55. The number of nitrogens with one attached hydrogen (secondary N) is 1. The van der Waals surface area contributed by atoms with Gasteiger partial charge in [0.05, 0.1) is 0 Å². The van der Waals surface area contributed by atoms with Gasteiger partial charge in [-0.2, -0.15) is 0 Å². The Labute approximate surface area is 124 Å². The summed E-state index contributed by atoms with van der Waals surface area (Å²) in [6.45, 7) is 6.16. The van der Waals surface area contributed by atoms with E-state index in [1.807, 2.05) is 0 Å². The van der Waals surface area contributed by atoms with Crippen molar-refractivity contribution in [3.63, 3.8) is 0 Å². The average Bonchev–Trinajstić information content (AvgIpc) is 2.45. The molecule has 1 saturated heterocycles. The third-order valence-corrected chi connectivity index (χ3v) is 3.72. The summed E-state index contributed by atoms with van der Waals surface area (Å²) in [5.74, 6) is -0.161. The SMILES string of the molecule is CN1CCN(CCCNC(=O)c2cc(Cl)ccn2)CC1. The van der Waals surface area contributed by atoms with Gasteiger partial charge in [-0.15, -0.1) is 0 Å². The molecule has 0 saturated carbocycles. The zero-order chi connectivity index (χ0) is 14.4. The number of nitrogens with zero attached hydrogens (tertiary/aromatic N) is 3. The average molecular weight is 297 g/mol. The predicted molar refractivity (Wildman–Crippen MR) is 80.1 cm³/mol. The van der Waals surface area contributed by atoms with Gasteiger partial charge in [0, 0.05) is 43.9 Å². The van der Waals surface area contributed by atoms with Crippen molar-refractivity contribution in [3.05, 3.63) is 29.0 Å². The first-order valence-electron chi connectivity index (χ1n) is 6.96. The molecule has 1 aromatic heterocycles. The number of piperazine rings is 1. The summed E-state index contributed by atoms with van der Waals surface area (Å²) < 4.78 is 0. The number of halogens is 1. The minimum absolute atomic E-state index is 0.161. The van der Waals surface area contributed by atoms with Crippen LogP contribution in [0.15, 0.2) is 18.3 Å². The van der Waals surface area contributed by atoms with Crippen LogP contribution in [0.25, 0.3) is 0 Å². The van der Waals surface area contributed by atoms with Crippen molar-refractivity contribution in [3.8, 4) is 0 Å². The lowest BCUT2D eigenvalue weighted by Gasteiger charge is -2.32. The number of hydrogen-bond acceptors (Lipinski definition) is 4. The Balaban J connectivity index is 1.64. The van der Waals surface area contributed by atoms with Crippen LogP contribution in [0.5, 0.6) is 0 Å². The maximum Gasteiger partial charge on any atom is 0.269 e. The fourth-order valence-electron chi connectivity index (χ4n) is 2.20. The highest BCUT2D eigenvalue weighted by Crippen LogP contribution is 2.07. The van der Waals surface area contributed by atoms with Crippen LogP contribution in [0.1, 0.15) is 16.9 Å². The quantitative estimate of drug-likeness (QED) is 0.827. The van der Waals surface area contributed by atoms with Gasteiger partial charge in [0.2, 0.25) is 0 Å². The molecule has 0 aliphatic carbocycles. The molecule has 0 unspecified atom stereocenters. The molecule has 0 atom stereocenters. The lowest BCUT2D eigenvalue weighted by molar-refractivity contribution is 0.0944. The fraction of sp³-hybridized carbons (Fsp3) is 0.571. The first kappa shape index (κ1) is 15.2. The van der Waals surface area contributed by atoms with E-state index >= 15 is 0 Å². The molecule has 0 aromatic carbocycles. The van der Waals surface area contributed by atoms with E-state index in [9.17, 15) is 4.79 Å². The first-order valence-corrected chi connectivity index (χ1v) is 7.33. The van der Waals surface area contributed by atoms with Gasteiger partial charge in [-0.3, -0.25) is 9.78 Å². The van der Waals surface area contributed by atoms with Crippen molar-refractivity contribution in [2.24, 2.45) is 0 Å². The summed E-state index contributed by atoms with van der Waals surface area (Å²) >= 11 is 5.83. The van der Waals surface area contributed by atoms with Crippen molar-refractivity contribution in [2.45, 2.75) is 6.42 Å². The topological polar surface area (TPSA) is 48.5 Å². The summed E-state index contributed by atoms with van der Waals surface area (Å²) in [5, 5.41) is 3.41. The molecule has 1 aromatic rings. The zero-order valence-corrected chi connectivity index (χ0v) is 12.6. The number of amides is 1. The van der Waals surface area contributed by atoms with Crippen LogP contribution in [0, 0.1) is 0 Å². The molecule has 1 amide bonds. The Morgan fingerprint density at radius 3 is 2.85 bits per heavy atom. The van der Waals surface area contributed by atoms with Gasteiger partial charge in [-0.05, 0) is 32.1 Å². The summed E-state index contributed by atoms with van der Waals surface area (Å²) in [5.41, 5.74) is 0.372. The van der Waals surface area contributed by atoms with E-state index in [0.29, 0.717) is 17.3 Å². The van der Waals surface area contributed by atoms with Crippen LogP contribution in [0.2, 0.25) is 5.02 Å². The summed E-state index contributed by atoms with van der Waals surface area (Å²) in [6.07, 6.45) is 2.50. The predicted octanol–water partition coefficient (Wildman–Crippen LogP) is 1.10. The Morgan fingerprint density at radius 1 is 1.40 bits per heavy atom. The second kappa shape index (κ2) is 7.57. The van der Waals surface area contributed by atoms with E-state index in [1.54, 1.807) is 18.3 Å². The molecule has 0 radical (unpaired) electrons. The Morgan fingerprint density at radius 2 is 2.15 bits per heavy atom. The molecule has 110 valence electrons. The highest BCUT2D eigenvalue weighted by Gasteiger charge is 2.13. The summed E-state index contributed by atoms with van der Waals surface area (Å²) in [7, 11) is 2.15. The Hall–Kier alpha value is -1.17. The van der Waals surface area contributed by atoms with Crippen LogP contribution in [0.4, 0.5) is 0 Å². The molecular formula is C14H21ClN4O. The third-order valence-electron chi connectivity index (χ3n) is 3.49. The van der Waals surface area contributed by atoms with Crippen molar-refractivity contribution >= 4 is 17.5 Å². The van der Waals surface area contributed by atoms with Gasteiger partial charge < -0.3 is 15.1 Å². The van der Waals surface area contributed by atoms with Gasteiger partial charge in [0.15, 0.2) is 0 Å². The lowest BCUT2D eigenvalue weighted by Crippen LogP contribution is -2.45. The lowest BCUT2D eigenvalue weighted by atomic mass is 10.3. The largest absolute Gasteiger partial charge is 0.351 e. The molecule has 1 aliphatic rings. The molecule has 1 aliphatic heterocycles. The number of hydrogen-bond donors (Lipinski definition) is 1. The van der Waals surface area contributed by atoms with Crippen LogP contribution >= 0.6 is 11.6 Å². The number of carbonyl (C=O) groups is 1. The van der Waals surface area contributed by atoms with E-state index in [-0.39, 0.29) is 5.91 Å². The van der Waals surface area contributed by atoms with Crippen LogP contribution in [-0.4, -0.2) is 67.0 Å². The normalized spacial score (nSPS) is 17.1. The number of rotatable bonds is 5. The van der Waals surface area contributed by atoms with E-state index in [0.717, 1.165) is 39.1 Å². The molecule has 0 bridgehead atoms. The standard InChI is InChI=1S/C14H21ClN4O/c1-18-7-9-19(10-8-18)6-2-4-17-14(20)13-11-12(15)3-5-16-13/h3,5,11H,2,4,6-10H2,1H3,(H,17,20). The zero-order valence-electron chi connectivity index (χ0n) is 11.8. The van der Waals surface area contributed by atoms with Crippen molar-refractivity contribution in [1.29, 1.82) is 0 Å². The van der Waals surface area contributed by atoms with Crippen LogP contribution < -0.4 is 5.32 Å². The minimum atomic E-state index is -0.161. The fourth-order valence-corrected chi connectivity index (χ4v) is 2.36. The Bertz CT molecular complexity index is 447. The molecule has 2 rings (SSSR count). The summed E-state index contributed by atoms with van der Waals surface area (Å²) in [6, 6.07) is 3.24. The number of carbonyl (C=O) groups excluding carboxylic acids is 1. The van der Waals surface area contributed by atoms with E-state index in [1.165, 1.54) is 0 Å². The molecule has 2 heterocycles. The maximum atomic E-state index is 11.8. The van der Waals surface area contributed by atoms with Crippen LogP contribution in [0.3, 0.4) is 0 Å². The van der Waals surface area contributed by atoms with Gasteiger partial charge in [0.1, 0.15) is 5.69 Å². The molecule has 20 heavy (non-hydrogen) atoms. The van der Waals surface area contributed by atoms with Gasteiger partial charge in [0.25, 0.3) is 5.91 Å². The van der Waals surface area contributed by atoms with Crippen molar-refractivity contribution < 1.29 is 4.79 Å². The van der Waals surface area contributed by atoms with E-state index in [2.05, 4.69) is 27.1 Å². The summed E-state index contributed by atoms with van der Waals surface area (Å²) in [4.78, 5) is 20.6. The van der Waals surface area contributed by atoms with Gasteiger partial charge in [-0.25, -0.2) is 0 Å². The number of pyridine rings is 1. The molecule has 0 spiro atoms. The molecular weight excluding hydrogens is 276 g/mol. The minimum Gasteiger partial charge on any atom is -0.351 e. The highest BCUT2D eigenvalue weighted by atomic mass is 35.5. The van der Waals surface area contributed by atoms with Gasteiger partial charge >= 0.3 is 0 Å². The third kappa shape index (κ3) is 4.74. The smallest absolute Gasteiger partial charge is 0.269 e. The number of likely N-dealkylation sites (N-methyl/N-ethyl adjacent to an activating group) is 1. The maximum absolute atomic E-state index is 11.8. The monoisotopic (exact) mass is 296 g/mol. The van der Waals surface area contributed by atoms with Crippen molar-refractivity contribution in [1.82, 2.24) is 20.1 Å². The molecule has 5 nitrogen and oxygen atoms in total. The van der Waals surface area contributed by atoms with Gasteiger partial charge in [-0.1, -0.05) is 11.6 Å². The van der Waals surface area contributed by atoms with Crippen LogP contribution in [-0.2, 0) is 0 Å². The molecule has 6 heteroatoms. The highest BCUT2D eigenvalue weighted by molar-refractivity contribution is 6.30. The Kier molecular flexibility index (Phi) is 5.76. The van der Waals surface area contributed by atoms with E-state index < -0.39 is 0 Å². The second-order valence-electron chi connectivity index (χ2n) is 5.11. The molecule has 1 N–H and O–H groups in total. The van der Waals surface area contributed by atoms with E-state index in [4.69, 9.17) is 11.6 Å².